The van der Waals surface area contributed by atoms with Gasteiger partial charge in [0.25, 0.3) is 0 Å². The number of sulfonamides is 1. The van der Waals surface area contributed by atoms with Gasteiger partial charge in [-0.3, -0.25) is 9.97 Å². The predicted molar refractivity (Wildman–Crippen MR) is 93.7 cm³/mol. The Morgan fingerprint density at radius 1 is 0.720 bits per heavy atom. The Labute approximate surface area is 157 Å². The molecule has 0 spiro atoms. The van der Waals surface area contributed by atoms with Crippen molar-refractivity contribution in [2.45, 2.75) is 4.90 Å². The fourth-order valence-electron chi connectivity index (χ4n) is 2.62. The minimum absolute atomic E-state index is 0. The van der Waals surface area contributed by atoms with Crippen LogP contribution in [0.25, 0.3) is 26.5 Å². The molecule has 0 radical (unpaired) electrons. The summed E-state index contributed by atoms with van der Waals surface area (Å²) in [6, 6.07) is 17.6. The normalized spacial score (nSPS) is 11.2. The molecule has 2 aromatic heterocycles. The first-order valence-corrected chi connectivity index (χ1v) is 8.75. The molecule has 0 aliphatic rings. The molecule has 25 heavy (non-hydrogen) atoms. The third-order valence-corrected chi connectivity index (χ3v) is 5.03. The maximum atomic E-state index is 12.8. The van der Waals surface area contributed by atoms with E-state index in [9.17, 15) is 8.42 Å². The van der Waals surface area contributed by atoms with Gasteiger partial charge in [-0.15, -0.1) is 5.69 Å². The van der Waals surface area contributed by atoms with Gasteiger partial charge in [0.15, 0.2) is 0 Å². The first kappa shape index (κ1) is 17.5. The van der Waals surface area contributed by atoms with E-state index >= 15 is 0 Å². The van der Waals surface area contributed by atoms with Crippen molar-refractivity contribution in [3.05, 3.63) is 77.8 Å². The summed E-state index contributed by atoms with van der Waals surface area (Å²) in [5, 5.41) is 1.59. The molecule has 0 fully saturated rings. The van der Waals surface area contributed by atoms with Crippen LogP contribution in [0.5, 0.6) is 0 Å². The largest absolute Gasteiger partial charge is 0.571 e. The van der Waals surface area contributed by atoms with E-state index in [4.69, 9.17) is 0 Å². The molecule has 2 aromatic carbocycles. The van der Waals surface area contributed by atoms with Crippen molar-refractivity contribution < 1.29 is 27.9 Å². The maximum absolute atomic E-state index is 12.8. The first-order chi connectivity index (χ1) is 11.6. The van der Waals surface area contributed by atoms with Crippen LogP contribution in [0.1, 0.15) is 0 Å². The van der Waals surface area contributed by atoms with Crippen LogP contribution in [0.2, 0.25) is 0 Å². The summed E-state index contributed by atoms with van der Waals surface area (Å²) in [6.45, 7) is 0. The average Bonchev–Trinajstić information content (AvgIpc) is 2.61. The molecule has 2 heterocycles. The Morgan fingerprint density at radius 3 is 2.00 bits per heavy atom. The van der Waals surface area contributed by atoms with Crippen molar-refractivity contribution in [2.75, 3.05) is 0 Å². The topological polar surface area (TPSA) is 74.0 Å². The minimum atomic E-state index is -3.91. The van der Waals surface area contributed by atoms with Crippen LogP contribution in [0.3, 0.4) is 0 Å². The molecule has 0 N–H and O–H groups in total. The Hall–Kier alpha value is -2.37. The average molecular weight is 400 g/mol. The van der Waals surface area contributed by atoms with E-state index in [2.05, 4.69) is 14.7 Å². The van der Waals surface area contributed by atoms with Crippen LogP contribution in [0.4, 0.5) is 5.69 Å². The van der Waals surface area contributed by atoms with Gasteiger partial charge < -0.3 is 4.72 Å². The Bertz CT molecular complexity index is 1150. The standard InChI is InChI=1S/C18H12N3O2S.Zn/c22-24(23,16-10-2-6-14-8-4-12-20-18(14)16)21-15-9-1-5-13-7-3-11-19-17(13)15;/h1-12H;/q-1;. The van der Waals surface area contributed by atoms with E-state index in [1.807, 2.05) is 24.3 Å². The zero-order valence-electron chi connectivity index (χ0n) is 13.2. The smallest absolute Gasteiger partial charge is 0.125 e. The van der Waals surface area contributed by atoms with Crippen LogP contribution in [0, 0.1) is 0 Å². The molecule has 7 heteroatoms. The molecule has 0 amide bonds. The van der Waals surface area contributed by atoms with Crippen LogP contribution < -0.4 is 0 Å². The number of rotatable bonds is 3. The number of fused-ring (bicyclic) bond motifs is 2. The van der Waals surface area contributed by atoms with Crippen molar-refractivity contribution >= 4 is 37.5 Å². The summed E-state index contributed by atoms with van der Waals surface area (Å²) >= 11 is 0. The molecule has 4 rings (SSSR count). The molecular formula is C18H12N3O2SZn-. The molecule has 0 atom stereocenters. The summed E-state index contributed by atoms with van der Waals surface area (Å²) in [5.41, 5.74) is 1.29. The molecule has 4 aromatic rings. The van der Waals surface area contributed by atoms with Gasteiger partial charge in [0, 0.05) is 37.3 Å². The second-order valence-electron chi connectivity index (χ2n) is 5.25. The van der Waals surface area contributed by atoms with Gasteiger partial charge in [-0.05, 0) is 23.6 Å². The van der Waals surface area contributed by atoms with Crippen molar-refractivity contribution in [1.29, 1.82) is 0 Å². The van der Waals surface area contributed by atoms with Gasteiger partial charge in [-0.25, -0.2) is 8.42 Å². The summed E-state index contributed by atoms with van der Waals surface area (Å²) in [7, 11) is -3.91. The van der Waals surface area contributed by atoms with E-state index in [0.717, 1.165) is 10.8 Å². The van der Waals surface area contributed by atoms with Crippen LogP contribution in [-0.4, -0.2) is 18.4 Å². The fraction of sp³-hybridized carbons (Fsp3) is 0. The predicted octanol–water partition coefficient (Wildman–Crippen LogP) is 4.17. The third kappa shape index (κ3) is 3.25. The monoisotopic (exact) mass is 398 g/mol. The van der Waals surface area contributed by atoms with E-state index in [-0.39, 0.29) is 24.4 Å². The number of hydrogen-bond acceptors (Lipinski definition) is 4. The second-order valence-corrected chi connectivity index (χ2v) is 6.82. The van der Waals surface area contributed by atoms with E-state index in [1.165, 1.54) is 6.07 Å². The maximum Gasteiger partial charge on any atom is 0.125 e. The first-order valence-electron chi connectivity index (χ1n) is 7.31. The molecule has 0 saturated carbocycles. The minimum Gasteiger partial charge on any atom is -0.571 e. The Balaban J connectivity index is 0.00000182. The molecule has 5 nitrogen and oxygen atoms in total. The van der Waals surface area contributed by atoms with Gasteiger partial charge >= 0.3 is 0 Å². The summed E-state index contributed by atoms with van der Waals surface area (Å²) in [4.78, 5) is 8.54. The third-order valence-electron chi connectivity index (χ3n) is 3.70. The van der Waals surface area contributed by atoms with E-state index < -0.39 is 10.0 Å². The van der Waals surface area contributed by atoms with Crippen LogP contribution in [-0.2, 0) is 29.5 Å². The van der Waals surface area contributed by atoms with E-state index in [1.54, 1.807) is 42.7 Å². The zero-order valence-corrected chi connectivity index (χ0v) is 17.0. The Morgan fingerprint density at radius 2 is 1.28 bits per heavy atom. The molecule has 120 valence electrons. The molecule has 0 bridgehead atoms. The number of benzene rings is 2. The molecule has 0 unspecified atom stereocenters. The van der Waals surface area contributed by atoms with Gasteiger partial charge in [0.2, 0.25) is 0 Å². The summed E-state index contributed by atoms with van der Waals surface area (Å²) in [5.74, 6) is 0. The van der Waals surface area contributed by atoms with E-state index in [0.29, 0.717) is 16.7 Å². The quantitative estimate of drug-likeness (QED) is 0.484. The number of aromatic nitrogens is 2. The van der Waals surface area contributed by atoms with Gasteiger partial charge in [0.05, 0.1) is 15.9 Å². The van der Waals surface area contributed by atoms with Crippen LogP contribution in [0.15, 0.2) is 78.0 Å². The fourth-order valence-corrected chi connectivity index (χ4v) is 3.79. The number of hydrogen-bond donors (Lipinski definition) is 0. The van der Waals surface area contributed by atoms with Crippen molar-refractivity contribution in [2.24, 2.45) is 0 Å². The van der Waals surface area contributed by atoms with Crippen LogP contribution >= 0.6 is 0 Å². The SMILES string of the molecule is O=S(=O)([N-]c1cccc2cccnc12)c1cccc2cccnc12.[Zn]. The van der Waals surface area contributed by atoms with Gasteiger partial charge in [-0.2, -0.15) is 0 Å². The van der Waals surface area contributed by atoms with Crippen molar-refractivity contribution in [3.8, 4) is 0 Å². The molecule has 0 aliphatic heterocycles. The zero-order chi connectivity index (χ0) is 16.6. The van der Waals surface area contributed by atoms with Crippen molar-refractivity contribution in [1.82, 2.24) is 9.97 Å². The van der Waals surface area contributed by atoms with Gasteiger partial charge in [-0.1, -0.05) is 42.5 Å². The molecule has 0 aliphatic carbocycles. The molecule has 0 saturated heterocycles. The Kier molecular flexibility index (Phi) is 4.79. The van der Waals surface area contributed by atoms with Gasteiger partial charge in [0.1, 0.15) is 10.0 Å². The van der Waals surface area contributed by atoms with Crippen molar-refractivity contribution in [3.63, 3.8) is 0 Å². The summed E-state index contributed by atoms with van der Waals surface area (Å²) < 4.78 is 29.7. The number of pyridine rings is 2. The molecular weight excluding hydrogens is 388 g/mol. The number of para-hydroxylation sites is 2. The summed E-state index contributed by atoms with van der Waals surface area (Å²) in [6.07, 6.45) is 3.19. The second kappa shape index (κ2) is 6.86. The number of nitrogens with zero attached hydrogens (tertiary/aromatic N) is 3.